The molecule has 0 bridgehead atoms. The van der Waals surface area contributed by atoms with E-state index in [-0.39, 0.29) is 17.5 Å². The molecule has 1 heterocycles. The molecule has 92 valence electrons. The Morgan fingerprint density at radius 1 is 1.35 bits per heavy atom. The molecule has 5 nitrogen and oxygen atoms in total. The second kappa shape index (κ2) is 4.19. The van der Waals surface area contributed by atoms with Crippen molar-refractivity contribution in [1.29, 1.82) is 0 Å². The molecule has 0 saturated carbocycles. The van der Waals surface area contributed by atoms with E-state index in [1.165, 1.54) is 24.3 Å². The van der Waals surface area contributed by atoms with Gasteiger partial charge in [-0.25, -0.2) is 17.5 Å². The number of nitrogens with zero attached hydrogens (tertiary/aromatic N) is 1. The number of amides is 2. The Balaban J connectivity index is 2.37. The summed E-state index contributed by atoms with van der Waals surface area (Å²) in [5, 5.41) is 2.98. The lowest BCUT2D eigenvalue weighted by Gasteiger charge is -2.14. The van der Waals surface area contributed by atoms with Gasteiger partial charge in [0.25, 0.3) is 10.0 Å². The largest absolute Gasteiger partial charge is 0.333 e. The monoisotopic (exact) mass is 274 g/mol. The highest BCUT2D eigenvalue weighted by molar-refractivity contribution is 7.89. The van der Waals surface area contributed by atoms with Crippen molar-refractivity contribution in [3.05, 3.63) is 29.3 Å². The average molecular weight is 275 g/mol. The molecule has 1 fully saturated rings. The fraction of sp³-hybridized carbons (Fsp3) is 0.300. The number of carbonyl (C=O) groups excluding carboxylic acids is 1. The summed E-state index contributed by atoms with van der Waals surface area (Å²) in [5.41, 5.74) is 0. The van der Waals surface area contributed by atoms with E-state index in [4.69, 9.17) is 11.6 Å². The Morgan fingerprint density at radius 2 is 1.94 bits per heavy atom. The molecule has 1 aromatic carbocycles. The first-order chi connectivity index (χ1) is 7.91. The highest BCUT2D eigenvalue weighted by Crippen LogP contribution is 2.20. The number of carbonyl (C=O) groups is 1. The summed E-state index contributed by atoms with van der Waals surface area (Å²) < 4.78 is 25.1. The normalized spacial score (nSPS) is 20.5. The van der Waals surface area contributed by atoms with Crippen molar-refractivity contribution < 1.29 is 13.2 Å². The molecule has 0 aromatic heterocycles. The number of halogens is 1. The van der Waals surface area contributed by atoms with Gasteiger partial charge in [0.15, 0.2) is 0 Å². The maximum atomic E-state index is 12.1. The predicted octanol–water partition coefficient (Wildman–Crippen LogP) is 1.44. The molecule has 1 atom stereocenters. The third-order valence-electron chi connectivity index (χ3n) is 2.44. The molecule has 1 unspecified atom stereocenters. The third-order valence-corrected chi connectivity index (χ3v) is 4.45. The van der Waals surface area contributed by atoms with Gasteiger partial charge in [0.1, 0.15) is 0 Å². The fourth-order valence-corrected chi connectivity index (χ4v) is 3.15. The van der Waals surface area contributed by atoms with Gasteiger partial charge in [-0.3, -0.25) is 0 Å². The molecule has 1 N–H and O–H groups in total. The Morgan fingerprint density at radius 3 is 2.41 bits per heavy atom. The summed E-state index contributed by atoms with van der Waals surface area (Å²) in [5.74, 6) is 0. The summed E-state index contributed by atoms with van der Waals surface area (Å²) in [7, 11) is -3.77. The number of nitrogens with one attached hydrogen (secondary N) is 1. The van der Waals surface area contributed by atoms with Crippen LogP contribution in [-0.4, -0.2) is 31.3 Å². The number of rotatable bonds is 2. The van der Waals surface area contributed by atoms with Crippen LogP contribution in [0.2, 0.25) is 5.02 Å². The SMILES string of the molecule is CC1CN(S(=O)(=O)c2ccc(Cl)cc2)C(=O)N1. The zero-order valence-electron chi connectivity index (χ0n) is 9.05. The predicted molar refractivity (Wildman–Crippen MR) is 63.3 cm³/mol. The van der Waals surface area contributed by atoms with Gasteiger partial charge < -0.3 is 5.32 Å². The lowest BCUT2D eigenvalue weighted by atomic mass is 10.4. The molecule has 2 amide bonds. The summed E-state index contributed by atoms with van der Waals surface area (Å²) in [4.78, 5) is 11.5. The second-order valence-corrected chi connectivity index (χ2v) is 6.14. The van der Waals surface area contributed by atoms with Crippen molar-refractivity contribution in [2.75, 3.05) is 6.54 Å². The zero-order chi connectivity index (χ0) is 12.6. The van der Waals surface area contributed by atoms with Gasteiger partial charge in [-0.2, -0.15) is 0 Å². The lowest BCUT2D eigenvalue weighted by molar-refractivity contribution is 0.235. The van der Waals surface area contributed by atoms with Crippen LogP contribution in [0.1, 0.15) is 6.92 Å². The van der Waals surface area contributed by atoms with E-state index in [0.29, 0.717) is 5.02 Å². The summed E-state index contributed by atoms with van der Waals surface area (Å²) in [6, 6.07) is 4.96. The Hall–Kier alpha value is -1.27. The minimum Gasteiger partial charge on any atom is -0.333 e. The molecule has 0 radical (unpaired) electrons. The maximum absolute atomic E-state index is 12.1. The van der Waals surface area contributed by atoms with E-state index in [0.717, 1.165) is 4.31 Å². The Labute approximate surface area is 104 Å². The third kappa shape index (κ3) is 2.23. The minimum atomic E-state index is -3.77. The van der Waals surface area contributed by atoms with Crippen LogP contribution in [0.15, 0.2) is 29.2 Å². The average Bonchev–Trinajstić information content (AvgIpc) is 2.59. The molecule has 2 rings (SSSR count). The first-order valence-corrected chi connectivity index (χ1v) is 6.82. The van der Waals surface area contributed by atoms with Crippen LogP contribution in [0, 0.1) is 0 Å². The lowest BCUT2D eigenvalue weighted by Crippen LogP contribution is -2.34. The van der Waals surface area contributed by atoms with E-state index >= 15 is 0 Å². The number of benzene rings is 1. The molecular weight excluding hydrogens is 264 g/mol. The minimum absolute atomic E-state index is 0.0613. The van der Waals surface area contributed by atoms with Gasteiger partial charge in [-0.1, -0.05) is 11.6 Å². The summed E-state index contributed by atoms with van der Waals surface area (Å²) in [6.07, 6.45) is 0. The van der Waals surface area contributed by atoms with Crippen molar-refractivity contribution in [2.45, 2.75) is 17.9 Å². The molecular formula is C10H11ClN2O3S. The van der Waals surface area contributed by atoms with Gasteiger partial charge in [-0.15, -0.1) is 0 Å². The van der Waals surface area contributed by atoms with Crippen LogP contribution < -0.4 is 5.32 Å². The van der Waals surface area contributed by atoms with Crippen molar-refractivity contribution >= 4 is 27.7 Å². The van der Waals surface area contributed by atoms with E-state index in [9.17, 15) is 13.2 Å². The van der Waals surface area contributed by atoms with Crippen LogP contribution in [0.4, 0.5) is 4.79 Å². The van der Waals surface area contributed by atoms with Crippen molar-refractivity contribution in [1.82, 2.24) is 9.62 Å². The highest BCUT2D eigenvalue weighted by atomic mass is 35.5. The van der Waals surface area contributed by atoms with Crippen LogP contribution >= 0.6 is 11.6 Å². The quantitative estimate of drug-likeness (QED) is 0.887. The van der Waals surface area contributed by atoms with E-state index in [1.54, 1.807) is 6.92 Å². The van der Waals surface area contributed by atoms with Crippen LogP contribution in [0.5, 0.6) is 0 Å². The smallest absolute Gasteiger partial charge is 0.331 e. The molecule has 7 heteroatoms. The number of sulfonamides is 1. The highest BCUT2D eigenvalue weighted by Gasteiger charge is 2.36. The number of hydrogen-bond donors (Lipinski definition) is 1. The van der Waals surface area contributed by atoms with E-state index in [2.05, 4.69) is 5.32 Å². The molecule has 0 aliphatic carbocycles. The second-order valence-electron chi connectivity index (χ2n) is 3.84. The molecule has 1 aromatic rings. The van der Waals surface area contributed by atoms with Gasteiger partial charge in [-0.05, 0) is 31.2 Å². The first kappa shape index (κ1) is 12.2. The van der Waals surface area contributed by atoms with Gasteiger partial charge in [0, 0.05) is 11.1 Å². The molecule has 1 saturated heterocycles. The van der Waals surface area contributed by atoms with Crippen molar-refractivity contribution in [3.8, 4) is 0 Å². The summed E-state index contributed by atoms with van der Waals surface area (Å²) >= 11 is 5.69. The van der Waals surface area contributed by atoms with Gasteiger partial charge in [0.2, 0.25) is 0 Å². The topological polar surface area (TPSA) is 66.5 Å². The van der Waals surface area contributed by atoms with Crippen LogP contribution in [0.3, 0.4) is 0 Å². The zero-order valence-corrected chi connectivity index (χ0v) is 10.6. The van der Waals surface area contributed by atoms with E-state index in [1.807, 2.05) is 0 Å². The van der Waals surface area contributed by atoms with Gasteiger partial charge in [0.05, 0.1) is 11.4 Å². The number of urea groups is 1. The molecule has 17 heavy (non-hydrogen) atoms. The standard InChI is InChI=1S/C10H11ClN2O3S/c1-7-6-13(10(14)12-7)17(15,16)9-4-2-8(11)3-5-9/h2-5,7H,6H2,1H3,(H,12,14). The first-order valence-electron chi connectivity index (χ1n) is 5.00. The van der Waals surface area contributed by atoms with Gasteiger partial charge >= 0.3 is 6.03 Å². The van der Waals surface area contributed by atoms with Crippen molar-refractivity contribution in [2.24, 2.45) is 0 Å². The van der Waals surface area contributed by atoms with Crippen LogP contribution in [-0.2, 0) is 10.0 Å². The fourth-order valence-electron chi connectivity index (χ4n) is 1.60. The molecule has 1 aliphatic rings. The van der Waals surface area contributed by atoms with Crippen molar-refractivity contribution in [3.63, 3.8) is 0 Å². The maximum Gasteiger partial charge on any atom is 0.331 e. The van der Waals surface area contributed by atoms with Crippen LogP contribution in [0.25, 0.3) is 0 Å². The molecule has 0 spiro atoms. The Bertz CT molecular complexity index is 541. The Kier molecular flexibility index (Phi) is 3.01. The molecule has 1 aliphatic heterocycles. The number of hydrogen-bond acceptors (Lipinski definition) is 3. The van der Waals surface area contributed by atoms with E-state index < -0.39 is 16.1 Å². The summed E-state index contributed by atoms with van der Waals surface area (Å²) in [6.45, 7) is 1.89.